The van der Waals surface area contributed by atoms with E-state index in [1.54, 1.807) is 6.20 Å². The van der Waals surface area contributed by atoms with Crippen LogP contribution in [0.1, 0.15) is 18.9 Å². The largest absolute Gasteiger partial charge is 0.337 e. The van der Waals surface area contributed by atoms with Crippen LogP contribution in [-0.4, -0.2) is 14.8 Å². The van der Waals surface area contributed by atoms with Gasteiger partial charge in [-0.1, -0.05) is 13.3 Å². The van der Waals surface area contributed by atoms with Gasteiger partial charge >= 0.3 is 0 Å². The summed E-state index contributed by atoms with van der Waals surface area (Å²) in [6.07, 6.45) is 3.59. The van der Waals surface area contributed by atoms with E-state index in [1.165, 1.54) is 0 Å². The van der Waals surface area contributed by atoms with E-state index >= 15 is 0 Å². The summed E-state index contributed by atoms with van der Waals surface area (Å²) in [5.41, 5.74) is 1.82. The first-order valence-corrected chi connectivity index (χ1v) is 5.66. The minimum absolute atomic E-state index is 0.114. The number of nitrogens with one attached hydrogen (secondary N) is 1. The van der Waals surface area contributed by atoms with Crippen LogP contribution in [0.2, 0.25) is 0 Å². The summed E-state index contributed by atoms with van der Waals surface area (Å²) < 4.78 is 2.92. The number of rotatable bonds is 2. The van der Waals surface area contributed by atoms with Crippen LogP contribution < -0.4 is 5.56 Å². The zero-order valence-electron chi connectivity index (χ0n) is 8.67. The van der Waals surface area contributed by atoms with Gasteiger partial charge in [0, 0.05) is 7.05 Å². The first-order chi connectivity index (χ1) is 7.16. The third-order valence-electron chi connectivity index (χ3n) is 2.54. The predicted octanol–water partition coefficient (Wildman–Crippen LogP) is 1.98. The van der Waals surface area contributed by atoms with Gasteiger partial charge < -0.3 is 4.57 Å². The van der Waals surface area contributed by atoms with Gasteiger partial charge in [-0.05, 0) is 27.9 Å². The molecule has 0 saturated heterocycles. The molecule has 1 N–H and O–H groups in total. The van der Waals surface area contributed by atoms with E-state index < -0.39 is 0 Å². The van der Waals surface area contributed by atoms with Crippen LogP contribution in [0.5, 0.6) is 0 Å². The number of fused-ring (bicyclic) bond motifs is 1. The Labute approximate surface area is 95.4 Å². The second-order valence-electron chi connectivity index (χ2n) is 3.54. The fraction of sp³-hybridized carbons (Fsp3) is 0.400. The van der Waals surface area contributed by atoms with Crippen LogP contribution in [0.25, 0.3) is 10.9 Å². The van der Waals surface area contributed by atoms with Crippen molar-refractivity contribution >= 4 is 26.8 Å². The molecule has 0 fully saturated rings. The van der Waals surface area contributed by atoms with Crippen molar-refractivity contribution in [2.45, 2.75) is 19.8 Å². The minimum atomic E-state index is -0.114. The van der Waals surface area contributed by atoms with Crippen molar-refractivity contribution in [2.24, 2.45) is 7.05 Å². The molecular weight excluding hydrogens is 258 g/mol. The lowest BCUT2D eigenvalue weighted by Crippen LogP contribution is -2.08. The highest BCUT2D eigenvalue weighted by Gasteiger charge is 2.15. The Bertz CT molecular complexity index is 556. The first kappa shape index (κ1) is 10.4. The molecule has 2 aromatic rings. The lowest BCUT2D eigenvalue weighted by atomic mass is 10.1. The van der Waals surface area contributed by atoms with Gasteiger partial charge in [-0.25, -0.2) is 5.10 Å². The maximum Gasteiger partial charge on any atom is 0.273 e. The molecule has 0 amide bonds. The highest BCUT2D eigenvalue weighted by atomic mass is 79.9. The van der Waals surface area contributed by atoms with Crippen molar-refractivity contribution in [3.05, 3.63) is 26.7 Å². The standard InChI is InChI=1S/C10H12BrN3O/c1-3-4-6-8-7(14(2)9(6)11)5-12-13-10(8)15/h5H,3-4H2,1-2H3,(H,13,15). The second-order valence-corrected chi connectivity index (χ2v) is 4.29. The van der Waals surface area contributed by atoms with E-state index in [9.17, 15) is 4.79 Å². The summed E-state index contributed by atoms with van der Waals surface area (Å²) in [5.74, 6) is 0. The monoisotopic (exact) mass is 269 g/mol. The molecule has 0 unspecified atom stereocenters. The van der Waals surface area contributed by atoms with Gasteiger partial charge in [0.25, 0.3) is 5.56 Å². The molecule has 0 atom stereocenters. The van der Waals surface area contributed by atoms with Crippen molar-refractivity contribution < 1.29 is 0 Å². The van der Waals surface area contributed by atoms with E-state index in [-0.39, 0.29) is 5.56 Å². The van der Waals surface area contributed by atoms with Gasteiger partial charge in [0.05, 0.1) is 21.7 Å². The number of aromatic amines is 1. The summed E-state index contributed by atoms with van der Waals surface area (Å²) in [6, 6.07) is 0. The van der Waals surface area contributed by atoms with Gasteiger partial charge in [0.1, 0.15) is 0 Å². The SMILES string of the molecule is CCCc1c(Br)n(C)c2cn[nH]c(=O)c12. The van der Waals surface area contributed by atoms with Crippen LogP contribution in [0.4, 0.5) is 0 Å². The Morgan fingerprint density at radius 1 is 1.60 bits per heavy atom. The van der Waals surface area contributed by atoms with Crippen molar-refractivity contribution in [3.63, 3.8) is 0 Å². The predicted molar refractivity (Wildman–Crippen MR) is 63.0 cm³/mol. The molecular formula is C10H12BrN3O. The normalized spacial score (nSPS) is 11.1. The van der Waals surface area contributed by atoms with Crippen LogP contribution in [-0.2, 0) is 13.5 Å². The molecule has 15 heavy (non-hydrogen) atoms. The van der Waals surface area contributed by atoms with Gasteiger partial charge in [-0.3, -0.25) is 4.79 Å². The Balaban J connectivity index is 2.89. The molecule has 80 valence electrons. The summed E-state index contributed by atoms with van der Waals surface area (Å²) in [4.78, 5) is 11.7. The maximum absolute atomic E-state index is 11.7. The number of nitrogens with zero attached hydrogens (tertiary/aromatic N) is 2. The molecule has 0 aliphatic heterocycles. The van der Waals surface area contributed by atoms with E-state index in [0.29, 0.717) is 0 Å². The lowest BCUT2D eigenvalue weighted by Gasteiger charge is -1.97. The summed E-state index contributed by atoms with van der Waals surface area (Å²) in [5, 5.41) is 7.03. The highest BCUT2D eigenvalue weighted by Crippen LogP contribution is 2.27. The third-order valence-corrected chi connectivity index (χ3v) is 3.55. The fourth-order valence-electron chi connectivity index (χ4n) is 1.82. The summed E-state index contributed by atoms with van der Waals surface area (Å²) in [7, 11) is 1.92. The van der Waals surface area contributed by atoms with Crippen molar-refractivity contribution in [2.75, 3.05) is 0 Å². The van der Waals surface area contributed by atoms with Crippen LogP contribution in [0.15, 0.2) is 15.6 Å². The first-order valence-electron chi connectivity index (χ1n) is 4.87. The summed E-state index contributed by atoms with van der Waals surface area (Å²) in [6.45, 7) is 2.10. The Hall–Kier alpha value is -1.10. The number of hydrogen-bond acceptors (Lipinski definition) is 2. The van der Waals surface area contributed by atoms with Crippen molar-refractivity contribution in [3.8, 4) is 0 Å². The number of aromatic nitrogens is 3. The molecule has 2 heterocycles. The molecule has 0 bridgehead atoms. The Kier molecular flexibility index (Phi) is 2.65. The number of aryl methyl sites for hydroxylation is 2. The fourth-order valence-corrected chi connectivity index (χ4v) is 2.41. The average Bonchev–Trinajstić information content (AvgIpc) is 2.46. The van der Waals surface area contributed by atoms with Gasteiger partial charge in [0.15, 0.2) is 0 Å². The smallest absolute Gasteiger partial charge is 0.273 e. The van der Waals surface area contributed by atoms with Crippen molar-refractivity contribution in [1.82, 2.24) is 14.8 Å². The molecule has 0 aromatic carbocycles. The quantitative estimate of drug-likeness (QED) is 0.907. The van der Waals surface area contributed by atoms with Gasteiger partial charge in [-0.2, -0.15) is 5.10 Å². The molecule has 2 rings (SSSR count). The summed E-state index contributed by atoms with van der Waals surface area (Å²) >= 11 is 3.51. The third kappa shape index (κ3) is 1.51. The maximum atomic E-state index is 11.7. The number of H-pyrrole nitrogens is 1. The highest BCUT2D eigenvalue weighted by molar-refractivity contribution is 9.10. The van der Waals surface area contributed by atoms with Crippen molar-refractivity contribution in [1.29, 1.82) is 0 Å². The van der Waals surface area contributed by atoms with E-state index in [0.717, 1.165) is 33.9 Å². The average molecular weight is 270 g/mol. The molecule has 0 saturated carbocycles. The van der Waals surface area contributed by atoms with Crippen LogP contribution in [0.3, 0.4) is 0 Å². The molecule has 0 aliphatic rings. The zero-order valence-corrected chi connectivity index (χ0v) is 10.3. The van der Waals surface area contributed by atoms with E-state index in [2.05, 4.69) is 33.1 Å². The Morgan fingerprint density at radius 2 is 2.33 bits per heavy atom. The van der Waals surface area contributed by atoms with Crippen LogP contribution >= 0.6 is 15.9 Å². The minimum Gasteiger partial charge on any atom is -0.337 e. The molecule has 0 spiro atoms. The van der Waals surface area contributed by atoms with Gasteiger partial charge in [-0.15, -0.1) is 0 Å². The van der Waals surface area contributed by atoms with E-state index in [1.807, 2.05) is 11.6 Å². The van der Waals surface area contributed by atoms with Crippen LogP contribution in [0, 0.1) is 0 Å². The topological polar surface area (TPSA) is 50.7 Å². The second kappa shape index (κ2) is 3.81. The number of halogens is 1. The molecule has 4 nitrogen and oxygen atoms in total. The molecule has 5 heteroatoms. The lowest BCUT2D eigenvalue weighted by molar-refractivity contribution is 0.881. The molecule has 2 aromatic heterocycles. The molecule has 0 aliphatic carbocycles. The Morgan fingerprint density at radius 3 is 3.00 bits per heavy atom. The molecule has 0 radical (unpaired) electrons. The number of hydrogen-bond donors (Lipinski definition) is 1. The zero-order chi connectivity index (χ0) is 11.0. The van der Waals surface area contributed by atoms with E-state index in [4.69, 9.17) is 0 Å². The van der Waals surface area contributed by atoms with Gasteiger partial charge in [0.2, 0.25) is 0 Å².